The maximum atomic E-state index is 12.4. The molecule has 1 amide bonds. The van der Waals surface area contributed by atoms with E-state index in [1.807, 2.05) is 24.3 Å². The number of aromatic nitrogens is 6. The van der Waals surface area contributed by atoms with Crippen molar-refractivity contribution < 1.29 is 4.79 Å². The fourth-order valence-electron chi connectivity index (χ4n) is 3.29. The summed E-state index contributed by atoms with van der Waals surface area (Å²) in [6, 6.07) is 7.65. The Kier molecular flexibility index (Phi) is 6.01. The van der Waals surface area contributed by atoms with Gasteiger partial charge in [0.15, 0.2) is 5.16 Å². The Morgan fingerprint density at radius 1 is 1.18 bits per heavy atom. The first-order chi connectivity index (χ1) is 13.8. The number of thioether (sulfide) groups is 1. The normalized spacial score (nSPS) is 13.7. The lowest BCUT2D eigenvalue weighted by atomic mass is 10.1. The summed E-state index contributed by atoms with van der Waals surface area (Å²) in [5.74, 6) is 2.76. The molecule has 0 atom stereocenters. The van der Waals surface area contributed by atoms with Crippen LogP contribution in [0.5, 0.6) is 0 Å². The predicted octanol–water partition coefficient (Wildman–Crippen LogP) is 2.39. The van der Waals surface area contributed by atoms with Crippen molar-refractivity contribution >= 4 is 17.7 Å². The topological polar surface area (TPSA) is 101 Å². The molecule has 9 heteroatoms. The third kappa shape index (κ3) is 4.59. The van der Waals surface area contributed by atoms with Gasteiger partial charge >= 0.3 is 0 Å². The maximum Gasteiger partial charge on any atom is 0.251 e. The van der Waals surface area contributed by atoms with Crippen LogP contribution in [0, 0.1) is 0 Å². The minimum absolute atomic E-state index is 0.0648. The number of carbonyl (C=O) groups is 1. The Morgan fingerprint density at radius 3 is 2.89 bits per heavy atom. The fraction of sp³-hybridized carbons (Fsp3) is 0.421. The zero-order valence-corrected chi connectivity index (χ0v) is 16.4. The highest BCUT2D eigenvalue weighted by Crippen LogP contribution is 2.18. The van der Waals surface area contributed by atoms with E-state index in [1.165, 1.54) is 25.6 Å². The molecule has 1 aromatic carbocycles. The van der Waals surface area contributed by atoms with Crippen LogP contribution in [0.1, 0.15) is 46.8 Å². The quantitative estimate of drug-likeness (QED) is 0.594. The van der Waals surface area contributed by atoms with Crippen molar-refractivity contribution in [1.29, 1.82) is 0 Å². The van der Waals surface area contributed by atoms with E-state index in [0.717, 1.165) is 41.1 Å². The Labute approximate surface area is 167 Å². The number of benzene rings is 1. The molecular formula is C19H23N7OS. The Balaban J connectivity index is 1.26. The van der Waals surface area contributed by atoms with Crippen LogP contribution in [0.2, 0.25) is 0 Å². The zero-order valence-electron chi connectivity index (χ0n) is 15.6. The number of rotatable bonds is 7. The highest BCUT2D eigenvalue weighted by atomic mass is 32.2. The summed E-state index contributed by atoms with van der Waals surface area (Å²) in [4.78, 5) is 16.5. The van der Waals surface area contributed by atoms with Gasteiger partial charge in [0.05, 0.1) is 0 Å². The molecule has 0 saturated carbocycles. The SMILES string of the molecule is O=C(NCCc1nnc2n1CCCCC2)c1ccc(CSc2ncn[nH]2)cc1. The lowest BCUT2D eigenvalue weighted by Crippen LogP contribution is -2.26. The van der Waals surface area contributed by atoms with Gasteiger partial charge in [-0.25, -0.2) is 4.98 Å². The summed E-state index contributed by atoms with van der Waals surface area (Å²) >= 11 is 1.57. The molecule has 0 bridgehead atoms. The van der Waals surface area contributed by atoms with Crippen LogP contribution in [0.15, 0.2) is 35.7 Å². The summed E-state index contributed by atoms with van der Waals surface area (Å²) in [7, 11) is 0. The van der Waals surface area contributed by atoms with E-state index in [-0.39, 0.29) is 5.91 Å². The first-order valence-corrected chi connectivity index (χ1v) is 10.5. The molecule has 3 aromatic rings. The molecule has 146 valence electrons. The molecule has 28 heavy (non-hydrogen) atoms. The first-order valence-electron chi connectivity index (χ1n) is 9.56. The van der Waals surface area contributed by atoms with Crippen LogP contribution in [0.4, 0.5) is 0 Å². The molecule has 1 aliphatic rings. The number of fused-ring (bicyclic) bond motifs is 1. The van der Waals surface area contributed by atoms with Crippen LogP contribution < -0.4 is 5.32 Å². The van der Waals surface area contributed by atoms with E-state index in [9.17, 15) is 4.79 Å². The molecule has 0 fully saturated rings. The number of aromatic amines is 1. The van der Waals surface area contributed by atoms with Gasteiger partial charge in [0, 0.05) is 37.2 Å². The van der Waals surface area contributed by atoms with Gasteiger partial charge in [-0.1, -0.05) is 30.3 Å². The fourth-order valence-corrected chi connectivity index (χ4v) is 4.02. The number of carbonyl (C=O) groups excluding carboxylic acids is 1. The highest BCUT2D eigenvalue weighted by molar-refractivity contribution is 7.98. The minimum atomic E-state index is -0.0648. The summed E-state index contributed by atoms with van der Waals surface area (Å²) in [5.41, 5.74) is 1.79. The standard InChI is InChI=1S/C19H23N7OS/c27-18(15-7-5-14(6-8-15)12-28-19-21-13-22-25-19)20-10-9-17-24-23-16-4-2-1-3-11-26(16)17/h5-8,13H,1-4,9-12H2,(H,20,27)(H,21,22,25). The van der Waals surface area contributed by atoms with Crippen LogP contribution >= 0.6 is 11.8 Å². The third-order valence-corrected chi connectivity index (χ3v) is 5.75. The second kappa shape index (κ2) is 9.01. The number of hydrogen-bond donors (Lipinski definition) is 2. The van der Waals surface area contributed by atoms with Gasteiger partial charge in [-0.2, -0.15) is 5.10 Å². The Hall–Kier alpha value is -2.68. The molecule has 8 nitrogen and oxygen atoms in total. The van der Waals surface area contributed by atoms with Crippen LogP contribution in [-0.2, 0) is 25.1 Å². The Bertz CT molecular complexity index is 905. The molecule has 0 unspecified atom stereocenters. The van der Waals surface area contributed by atoms with Gasteiger partial charge in [-0.15, -0.1) is 10.2 Å². The summed E-state index contributed by atoms with van der Waals surface area (Å²) < 4.78 is 2.22. The molecule has 1 aliphatic heterocycles. The van der Waals surface area contributed by atoms with Gasteiger partial charge in [0.25, 0.3) is 5.91 Å². The molecule has 0 radical (unpaired) electrons. The molecule has 4 rings (SSSR count). The average Bonchev–Trinajstić information content (AvgIpc) is 3.31. The van der Waals surface area contributed by atoms with Gasteiger partial charge < -0.3 is 9.88 Å². The number of aryl methyl sites for hydroxylation is 1. The minimum Gasteiger partial charge on any atom is -0.352 e. The largest absolute Gasteiger partial charge is 0.352 e. The number of H-pyrrole nitrogens is 1. The number of nitrogens with one attached hydrogen (secondary N) is 2. The van der Waals surface area contributed by atoms with Crippen LogP contribution in [-0.4, -0.2) is 42.4 Å². The first kappa shape index (κ1) is 18.7. The number of hydrogen-bond acceptors (Lipinski definition) is 6. The number of amides is 1. The van der Waals surface area contributed by atoms with E-state index in [1.54, 1.807) is 11.8 Å². The lowest BCUT2D eigenvalue weighted by Gasteiger charge is -2.08. The highest BCUT2D eigenvalue weighted by Gasteiger charge is 2.14. The second-order valence-electron chi connectivity index (χ2n) is 6.78. The Morgan fingerprint density at radius 2 is 2.07 bits per heavy atom. The smallest absolute Gasteiger partial charge is 0.251 e. The maximum absolute atomic E-state index is 12.4. The molecule has 2 N–H and O–H groups in total. The van der Waals surface area contributed by atoms with Crippen LogP contribution in [0.25, 0.3) is 0 Å². The molecule has 2 aromatic heterocycles. The molecular weight excluding hydrogens is 374 g/mol. The summed E-state index contributed by atoms with van der Waals surface area (Å²) in [6.07, 6.45) is 6.79. The van der Waals surface area contributed by atoms with Gasteiger partial charge in [0.2, 0.25) is 0 Å². The molecule has 3 heterocycles. The zero-order chi connectivity index (χ0) is 19.2. The molecule has 0 aliphatic carbocycles. The van der Waals surface area contributed by atoms with Crippen molar-refractivity contribution in [3.8, 4) is 0 Å². The van der Waals surface area contributed by atoms with Crippen molar-refractivity contribution in [2.24, 2.45) is 0 Å². The molecule has 0 spiro atoms. The van der Waals surface area contributed by atoms with E-state index in [0.29, 0.717) is 18.5 Å². The predicted molar refractivity (Wildman–Crippen MR) is 106 cm³/mol. The van der Waals surface area contributed by atoms with Gasteiger partial charge in [0.1, 0.15) is 18.0 Å². The van der Waals surface area contributed by atoms with E-state index in [4.69, 9.17) is 0 Å². The summed E-state index contributed by atoms with van der Waals surface area (Å²) in [5, 5.41) is 19.0. The van der Waals surface area contributed by atoms with Gasteiger partial charge in [-0.3, -0.25) is 9.89 Å². The van der Waals surface area contributed by atoms with Crippen molar-refractivity contribution in [2.45, 2.75) is 49.6 Å². The second-order valence-corrected chi connectivity index (χ2v) is 7.74. The van der Waals surface area contributed by atoms with Gasteiger partial charge in [-0.05, 0) is 30.5 Å². The average molecular weight is 398 g/mol. The number of nitrogens with zero attached hydrogens (tertiary/aromatic N) is 5. The molecule has 0 saturated heterocycles. The van der Waals surface area contributed by atoms with Crippen LogP contribution in [0.3, 0.4) is 0 Å². The van der Waals surface area contributed by atoms with Crippen molar-refractivity contribution in [1.82, 2.24) is 35.3 Å². The van der Waals surface area contributed by atoms with E-state index in [2.05, 4.69) is 35.3 Å². The van der Waals surface area contributed by atoms with Crippen molar-refractivity contribution in [3.63, 3.8) is 0 Å². The van der Waals surface area contributed by atoms with E-state index >= 15 is 0 Å². The van der Waals surface area contributed by atoms with E-state index < -0.39 is 0 Å². The third-order valence-electron chi connectivity index (χ3n) is 4.80. The summed E-state index contributed by atoms with van der Waals surface area (Å²) in [6.45, 7) is 1.54. The van der Waals surface area contributed by atoms with Crippen molar-refractivity contribution in [3.05, 3.63) is 53.4 Å². The van der Waals surface area contributed by atoms with Crippen molar-refractivity contribution in [2.75, 3.05) is 6.54 Å². The lowest BCUT2D eigenvalue weighted by molar-refractivity contribution is 0.0954. The monoisotopic (exact) mass is 397 g/mol.